The molecule has 7 N–H and O–H groups in total. The summed E-state index contributed by atoms with van der Waals surface area (Å²) in [5.41, 5.74) is 14.3. The Morgan fingerprint density at radius 2 is 1.85 bits per heavy atom. The van der Waals surface area contributed by atoms with E-state index in [0.717, 1.165) is 24.3 Å². The van der Waals surface area contributed by atoms with Crippen LogP contribution in [0.15, 0.2) is 47.5 Å². The molecule has 1 unspecified atom stereocenters. The second-order valence-corrected chi connectivity index (χ2v) is 8.36. The molecule has 1 heterocycles. The molecule has 10 heteroatoms. The van der Waals surface area contributed by atoms with Crippen molar-refractivity contribution < 1.29 is 19.8 Å². The predicted octanol–water partition coefficient (Wildman–Crippen LogP) is 1.50. The summed E-state index contributed by atoms with van der Waals surface area (Å²) in [5, 5.41) is 22.2. The highest BCUT2D eigenvalue weighted by Gasteiger charge is 2.20. The zero-order chi connectivity index (χ0) is 24.0. The molecule has 3 rings (SSSR count). The van der Waals surface area contributed by atoms with Crippen LogP contribution in [0, 0.1) is 0 Å². The fourth-order valence-electron chi connectivity index (χ4n) is 3.64. The summed E-state index contributed by atoms with van der Waals surface area (Å²) < 4.78 is 0. The molecule has 2 aromatic rings. The second kappa shape index (κ2) is 11.1. The van der Waals surface area contributed by atoms with Crippen molar-refractivity contribution >= 4 is 35.1 Å². The number of piperidine rings is 1. The number of halogens is 1. The third-order valence-corrected chi connectivity index (χ3v) is 5.90. The van der Waals surface area contributed by atoms with Gasteiger partial charge in [0.1, 0.15) is 6.04 Å². The molecule has 176 valence electrons. The van der Waals surface area contributed by atoms with E-state index in [1.165, 1.54) is 0 Å². The van der Waals surface area contributed by atoms with Gasteiger partial charge in [0.05, 0.1) is 6.10 Å². The Balaban J connectivity index is 1.64. The van der Waals surface area contributed by atoms with Crippen molar-refractivity contribution in [3.05, 3.63) is 64.2 Å². The summed E-state index contributed by atoms with van der Waals surface area (Å²) in [6, 6.07) is 11.0. The number of carbonyl (C=O) groups excluding carboxylic acids is 1. The molecule has 9 nitrogen and oxygen atoms in total. The summed E-state index contributed by atoms with van der Waals surface area (Å²) in [5.74, 6) is -1.66. The standard InChI is InChI=1S/C23H28ClN5O4/c24-18-2-1-3-20(29-10-8-16(30)9-11-29)17(18)13-27-23(26)28-21(31)15-6-4-14(5-7-15)12-19(25)22(32)33/h1-7,16,19,30H,8-13,25H2,(H,32,33)(H3,26,27,28,31). The number of carboxylic acid groups (broad SMARTS) is 1. The Labute approximate surface area is 197 Å². The molecule has 1 fully saturated rings. The third-order valence-electron chi connectivity index (χ3n) is 5.54. The summed E-state index contributed by atoms with van der Waals surface area (Å²) >= 11 is 6.42. The van der Waals surface area contributed by atoms with Crippen molar-refractivity contribution in [1.82, 2.24) is 5.32 Å². The number of carbonyl (C=O) groups is 2. The van der Waals surface area contributed by atoms with Gasteiger partial charge in [0.15, 0.2) is 5.96 Å². The molecule has 0 radical (unpaired) electrons. The Hall–Kier alpha value is -3.14. The van der Waals surface area contributed by atoms with E-state index in [0.29, 0.717) is 29.0 Å². The summed E-state index contributed by atoms with van der Waals surface area (Å²) in [6.45, 7) is 1.73. The lowest BCUT2D eigenvalue weighted by atomic mass is 10.0. The Kier molecular flexibility index (Phi) is 8.26. The molecule has 0 aromatic heterocycles. The maximum Gasteiger partial charge on any atom is 0.320 e. The van der Waals surface area contributed by atoms with Crippen molar-refractivity contribution in [3.63, 3.8) is 0 Å². The second-order valence-electron chi connectivity index (χ2n) is 7.96. The molecule has 0 saturated carbocycles. The van der Waals surface area contributed by atoms with E-state index < -0.39 is 17.9 Å². The van der Waals surface area contributed by atoms with Crippen molar-refractivity contribution in [3.8, 4) is 0 Å². The first kappa shape index (κ1) is 24.5. The van der Waals surface area contributed by atoms with Gasteiger partial charge in [-0.2, -0.15) is 4.99 Å². The van der Waals surface area contributed by atoms with Crippen LogP contribution in [-0.2, 0) is 17.8 Å². The first-order valence-corrected chi connectivity index (χ1v) is 11.0. The fraction of sp³-hybridized carbons (Fsp3) is 0.348. The maximum absolute atomic E-state index is 12.4. The van der Waals surface area contributed by atoms with E-state index in [9.17, 15) is 14.7 Å². The number of carboxylic acids is 1. The molecule has 1 amide bonds. The van der Waals surface area contributed by atoms with Crippen LogP contribution in [0.2, 0.25) is 5.02 Å². The van der Waals surface area contributed by atoms with Crippen LogP contribution in [-0.4, -0.2) is 53.3 Å². The van der Waals surface area contributed by atoms with Crippen molar-refractivity contribution in [1.29, 1.82) is 0 Å². The van der Waals surface area contributed by atoms with Crippen LogP contribution >= 0.6 is 11.6 Å². The lowest BCUT2D eigenvalue weighted by Gasteiger charge is -2.33. The van der Waals surface area contributed by atoms with Crippen LogP contribution in [0.1, 0.15) is 34.3 Å². The van der Waals surface area contributed by atoms with Gasteiger partial charge >= 0.3 is 5.97 Å². The van der Waals surface area contributed by atoms with Gasteiger partial charge < -0.3 is 31.9 Å². The van der Waals surface area contributed by atoms with Gasteiger partial charge in [0.25, 0.3) is 5.91 Å². The number of amides is 1. The minimum absolute atomic E-state index is 0.0445. The fourth-order valence-corrected chi connectivity index (χ4v) is 3.88. The van der Waals surface area contributed by atoms with Gasteiger partial charge in [0.2, 0.25) is 0 Å². The van der Waals surface area contributed by atoms with Crippen LogP contribution in [0.4, 0.5) is 5.69 Å². The average Bonchev–Trinajstić information content (AvgIpc) is 2.79. The minimum Gasteiger partial charge on any atom is -0.480 e. The van der Waals surface area contributed by atoms with E-state index in [1.54, 1.807) is 30.3 Å². The number of aliphatic carboxylic acids is 1. The highest BCUT2D eigenvalue weighted by atomic mass is 35.5. The monoisotopic (exact) mass is 473 g/mol. The lowest BCUT2D eigenvalue weighted by molar-refractivity contribution is -0.138. The van der Waals surface area contributed by atoms with E-state index in [-0.39, 0.29) is 25.0 Å². The third kappa shape index (κ3) is 6.67. The molecule has 33 heavy (non-hydrogen) atoms. The predicted molar refractivity (Wildman–Crippen MR) is 127 cm³/mol. The van der Waals surface area contributed by atoms with Gasteiger partial charge in [-0.15, -0.1) is 0 Å². The first-order valence-electron chi connectivity index (χ1n) is 10.6. The van der Waals surface area contributed by atoms with Crippen molar-refractivity contribution in [2.45, 2.75) is 38.0 Å². The molecule has 1 saturated heterocycles. The molecule has 1 atom stereocenters. The van der Waals surface area contributed by atoms with E-state index in [2.05, 4.69) is 15.2 Å². The molecule has 2 aromatic carbocycles. The number of guanidine groups is 1. The molecule has 1 aliphatic heterocycles. The largest absolute Gasteiger partial charge is 0.480 e. The first-order chi connectivity index (χ1) is 15.7. The Bertz CT molecular complexity index is 1020. The van der Waals surface area contributed by atoms with E-state index >= 15 is 0 Å². The molecule has 0 bridgehead atoms. The number of aliphatic imine (C=N–C) groups is 1. The Morgan fingerprint density at radius 3 is 2.48 bits per heavy atom. The molecule has 0 spiro atoms. The molecule has 0 aliphatic carbocycles. The summed E-state index contributed by atoms with van der Waals surface area (Å²) in [6.07, 6.45) is 1.27. The number of aliphatic hydroxyl groups excluding tert-OH is 1. The van der Waals surface area contributed by atoms with Gasteiger partial charge in [-0.1, -0.05) is 29.8 Å². The lowest BCUT2D eigenvalue weighted by Crippen LogP contribution is -2.37. The number of nitrogens with two attached hydrogens (primary N) is 2. The van der Waals surface area contributed by atoms with Crippen LogP contribution in [0.3, 0.4) is 0 Å². The number of benzene rings is 2. The quantitative estimate of drug-likeness (QED) is 0.299. The summed E-state index contributed by atoms with van der Waals surface area (Å²) in [4.78, 5) is 29.4. The smallest absolute Gasteiger partial charge is 0.320 e. The zero-order valence-corrected chi connectivity index (χ0v) is 18.8. The molecular weight excluding hydrogens is 446 g/mol. The zero-order valence-electron chi connectivity index (χ0n) is 18.1. The SMILES string of the molecule is NC(=NC(=O)c1ccc(CC(N)C(=O)O)cc1)NCc1c(Cl)cccc1N1CCC(O)CC1. The summed E-state index contributed by atoms with van der Waals surface area (Å²) in [7, 11) is 0. The highest BCUT2D eigenvalue weighted by molar-refractivity contribution is 6.31. The maximum atomic E-state index is 12.4. The van der Waals surface area contributed by atoms with E-state index in [4.69, 9.17) is 28.2 Å². The van der Waals surface area contributed by atoms with Crippen molar-refractivity contribution in [2.75, 3.05) is 18.0 Å². The van der Waals surface area contributed by atoms with Crippen LogP contribution in [0.25, 0.3) is 0 Å². The number of nitrogens with zero attached hydrogens (tertiary/aromatic N) is 2. The topological polar surface area (TPSA) is 154 Å². The van der Waals surface area contributed by atoms with Gasteiger partial charge in [0, 0.05) is 41.5 Å². The van der Waals surface area contributed by atoms with E-state index in [1.807, 2.05) is 12.1 Å². The van der Waals surface area contributed by atoms with Gasteiger partial charge in [-0.25, -0.2) is 0 Å². The number of anilines is 1. The number of rotatable bonds is 7. The number of hydrogen-bond donors (Lipinski definition) is 5. The number of hydrogen-bond acceptors (Lipinski definition) is 5. The normalized spacial score (nSPS) is 15.8. The van der Waals surface area contributed by atoms with Crippen LogP contribution in [0.5, 0.6) is 0 Å². The minimum atomic E-state index is -1.09. The highest BCUT2D eigenvalue weighted by Crippen LogP contribution is 2.29. The van der Waals surface area contributed by atoms with Crippen molar-refractivity contribution in [2.24, 2.45) is 16.5 Å². The molecular formula is C23H28ClN5O4. The van der Waals surface area contributed by atoms with Crippen LogP contribution < -0.4 is 21.7 Å². The number of aliphatic hydroxyl groups is 1. The number of nitrogens with one attached hydrogen (secondary N) is 1. The Morgan fingerprint density at radius 1 is 1.18 bits per heavy atom. The molecule has 1 aliphatic rings. The van der Waals surface area contributed by atoms with Gasteiger partial charge in [-0.05, 0) is 49.1 Å². The van der Waals surface area contributed by atoms with Gasteiger partial charge in [-0.3, -0.25) is 9.59 Å². The average molecular weight is 474 g/mol.